The van der Waals surface area contributed by atoms with E-state index >= 15 is 0 Å². The molecule has 0 bridgehead atoms. The summed E-state index contributed by atoms with van der Waals surface area (Å²) in [6, 6.07) is 7.77. The van der Waals surface area contributed by atoms with E-state index in [4.69, 9.17) is 16.3 Å². The lowest BCUT2D eigenvalue weighted by Gasteiger charge is -2.06. The number of hydrogen-bond acceptors (Lipinski definition) is 3. The normalized spacial score (nSPS) is 10.3. The van der Waals surface area contributed by atoms with E-state index in [1.165, 1.54) is 0 Å². The molecule has 2 nitrogen and oxygen atoms in total. The minimum atomic E-state index is 0.770. The topological polar surface area (TPSA) is 21.3 Å². The van der Waals surface area contributed by atoms with Gasteiger partial charge in [0.25, 0.3) is 0 Å². The highest BCUT2D eigenvalue weighted by Gasteiger charge is 1.93. The predicted molar refractivity (Wildman–Crippen MR) is 69.1 cm³/mol. The van der Waals surface area contributed by atoms with Gasteiger partial charge in [0.2, 0.25) is 0 Å². The lowest BCUT2D eigenvalue weighted by atomic mass is 10.3. The Morgan fingerprint density at radius 1 is 1.40 bits per heavy atom. The Morgan fingerprint density at radius 2 is 2.27 bits per heavy atom. The summed E-state index contributed by atoms with van der Waals surface area (Å²) in [5.74, 6) is 2.13. The van der Waals surface area contributed by atoms with Crippen LogP contribution in [-0.4, -0.2) is 31.8 Å². The molecule has 1 aromatic carbocycles. The van der Waals surface area contributed by atoms with Crippen LogP contribution in [0.25, 0.3) is 0 Å². The summed E-state index contributed by atoms with van der Waals surface area (Å²) in [5.41, 5.74) is 1.08. The van der Waals surface area contributed by atoms with E-state index in [-0.39, 0.29) is 0 Å². The zero-order valence-corrected chi connectivity index (χ0v) is 10.4. The van der Waals surface area contributed by atoms with Crippen molar-refractivity contribution in [1.29, 1.82) is 0 Å². The smallest absolute Gasteiger partial charge is 0.0552 e. The Hall–Kier alpha value is -0.380. The molecule has 4 heteroatoms. The molecule has 0 heterocycles. The van der Waals surface area contributed by atoms with Crippen LogP contribution >= 0.6 is 23.4 Å². The lowest BCUT2D eigenvalue weighted by molar-refractivity contribution is 0.218. The zero-order chi connectivity index (χ0) is 10.9. The fourth-order valence-corrected chi connectivity index (χ4v) is 2.04. The van der Waals surface area contributed by atoms with Crippen LogP contribution in [-0.2, 0) is 4.74 Å². The molecular weight excluding hydrogens is 230 g/mol. The van der Waals surface area contributed by atoms with Gasteiger partial charge in [-0.15, -0.1) is 0 Å². The van der Waals surface area contributed by atoms with Crippen LogP contribution < -0.4 is 5.32 Å². The molecule has 1 aromatic rings. The van der Waals surface area contributed by atoms with Crippen molar-refractivity contribution in [3.8, 4) is 0 Å². The van der Waals surface area contributed by atoms with Crippen molar-refractivity contribution < 1.29 is 4.74 Å². The van der Waals surface area contributed by atoms with Gasteiger partial charge in [0.1, 0.15) is 0 Å². The Bertz CT molecular complexity index is 283. The Labute approximate surface area is 100 Å². The fraction of sp³-hybridized carbons (Fsp3) is 0.455. The number of benzene rings is 1. The molecule has 0 spiro atoms. The summed E-state index contributed by atoms with van der Waals surface area (Å²) in [6.45, 7) is 1.77. The van der Waals surface area contributed by atoms with Crippen LogP contribution in [0.3, 0.4) is 0 Å². The van der Waals surface area contributed by atoms with Crippen molar-refractivity contribution in [1.82, 2.24) is 0 Å². The average molecular weight is 246 g/mol. The van der Waals surface area contributed by atoms with Crippen LogP contribution in [0.5, 0.6) is 0 Å². The van der Waals surface area contributed by atoms with Gasteiger partial charge in [-0.3, -0.25) is 0 Å². The Kier molecular flexibility index (Phi) is 6.64. The highest BCUT2D eigenvalue weighted by Crippen LogP contribution is 2.14. The minimum Gasteiger partial charge on any atom is -0.384 e. The van der Waals surface area contributed by atoms with E-state index in [2.05, 4.69) is 5.32 Å². The first-order chi connectivity index (χ1) is 7.33. The molecule has 0 atom stereocenters. The van der Waals surface area contributed by atoms with E-state index in [1.807, 2.05) is 36.0 Å². The third kappa shape index (κ3) is 5.92. The van der Waals surface area contributed by atoms with Gasteiger partial charge in [0.05, 0.1) is 6.61 Å². The summed E-state index contributed by atoms with van der Waals surface area (Å²) < 4.78 is 4.96. The van der Waals surface area contributed by atoms with Crippen molar-refractivity contribution in [2.24, 2.45) is 0 Å². The van der Waals surface area contributed by atoms with Crippen LogP contribution in [0.2, 0.25) is 5.02 Å². The predicted octanol–water partition coefficient (Wildman–Crippen LogP) is 3.13. The number of ether oxygens (including phenoxy) is 1. The van der Waals surface area contributed by atoms with Gasteiger partial charge in [-0.25, -0.2) is 0 Å². The third-order valence-electron chi connectivity index (χ3n) is 1.83. The molecule has 84 valence electrons. The summed E-state index contributed by atoms with van der Waals surface area (Å²) in [4.78, 5) is 0. The summed E-state index contributed by atoms with van der Waals surface area (Å²) >= 11 is 7.75. The standard InChI is InChI=1S/C11H16ClNOS/c1-14-6-8-15-7-5-13-11-4-2-3-10(12)9-11/h2-4,9,13H,5-8H2,1H3. The molecule has 0 amide bonds. The maximum atomic E-state index is 5.86. The largest absolute Gasteiger partial charge is 0.384 e. The van der Waals surface area contributed by atoms with E-state index in [9.17, 15) is 0 Å². The Morgan fingerprint density at radius 3 is 3.00 bits per heavy atom. The fourth-order valence-electron chi connectivity index (χ4n) is 1.11. The maximum Gasteiger partial charge on any atom is 0.0552 e. The first-order valence-electron chi connectivity index (χ1n) is 4.89. The average Bonchev–Trinajstić information content (AvgIpc) is 2.23. The van der Waals surface area contributed by atoms with Gasteiger partial charge in [0.15, 0.2) is 0 Å². The molecule has 0 saturated heterocycles. The van der Waals surface area contributed by atoms with E-state index in [0.29, 0.717) is 0 Å². The van der Waals surface area contributed by atoms with Gasteiger partial charge in [-0.05, 0) is 18.2 Å². The summed E-state index contributed by atoms with van der Waals surface area (Å²) in [7, 11) is 1.73. The third-order valence-corrected chi connectivity index (χ3v) is 3.02. The Balaban J connectivity index is 2.10. The van der Waals surface area contributed by atoms with Crippen LogP contribution in [0, 0.1) is 0 Å². The minimum absolute atomic E-state index is 0.770. The molecule has 0 aliphatic heterocycles. The molecule has 1 rings (SSSR count). The van der Waals surface area contributed by atoms with Gasteiger partial charge in [-0.1, -0.05) is 17.7 Å². The number of thioether (sulfide) groups is 1. The molecule has 0 radical (unpaired) electrons. The second-order valence-electron chi connectivity index (χ2n) is 3.04. The van der Waals surface area contributed by atoms with E-state index in [1.54, 1.807) is 7.11 Å². The second-order valence-corrected chi connectivity index (χ2v) is 4.70. The monoisotopic (exact) mass is 245 g/mol. The van der Waals surface area contributed by atoms with Crippen LogP contribution in [0.1, 0.15) is 0 Å². The number of nitrogens with one attached hydrogen (secondary N) is 1. The molecule has 0 fully saturated rings. The van der Waals surface area contributed by atoms with Crippen molar-refractivity contribution in [2.45, 2.75) is 0 Å². The number of halogens is 1. The molecule has 0 aliphatic rings. The molecule has 0 unspecified atom stereocenters. The number of methoxy groups -OCH3 is 1. The zero-order valence-electron chi connectivity index (χ0n) is 8.83. The van der Waals surface area contributed by atoms with Crippen LogP contribution in [0.4, 0.5) is 5.69 Å². The number of rotatable bonds is 7. The number of hydrogen-bond donors (Lipinski definition) is 1. The molecule has 0 aromatic heterocycles. The summed E-state index contributed by atoms with van der Waals surface area (Å²) in [6.07, 6.45) is 0. The van der Waals surface area contributed by atoms with Crippen molar-refractivity contribution >= 4 is 29.1 Å². The molecule has 1 N–H and O–H groups in total. The van der Waals surface area contributed by atoms with Crippen molar-refractivity contribution in [3.63, 3.8) is 0 Å². The second kappa shape index (κ2) is 7.85. The SMILES string of the molecule is COCCSCCNc1cccc(Cl)c1. The molecule has 15 heavy (non-hydrogen) atoms. The van der Waals surface area contributed by atoms with Gasteiger partial charge in [-0.2, -0.15) is 11.8 Å². The maximum absolute atomic E-state index is 5.86. The summed E-state index contributed by atoms with van der Waals surface area (Å²) in [5, 5.41) is 4.09. The molecular formula is C11H16ClNOS. The highest BCUT2D eigenvalue weighted by molar-refractivity contribution is 7.99. The quantitative estimate of drug-likeness (QED) is 0.746. The highest BCUT2D eigenvalue weighted by atomic mass is 35.5. The van der Waals surface area contributed by atoms with Gasteiger partial charge >= 0.3 is 0 Å². The van der Waals surface area contributed by atoms with Crippen molar-refractivity contribution in [3.05, 3.63) is 29.3 Å². The van der Waals surface area contributed by atoms with Gasteiger partial charge in [0, 0.05) is 35.9 Å². The van der Waals surface area contributed by atoms with E-state index < -0.39 is 0 Å². The first-order valence-corrected chi connectivity index (χ1v) is 6.42. The van der Waals surface area contributed by atoms with Crippen LogP contribution in [0.15, 0.2) is 24.3 Å². The van der Waals surface area contributed by atoms with E-state index in [0.717, 1.165) is 35.4 Å². The first kappa shape index (κ1) is 12.7. The van der Waals surface area contributed by atoms with Gasteiger partial charge < -0.3 is 10.1 Å². The molecule has 0 saturated carbocycles. The van der Waals surface area contributed by atoms with Crippen molar-refractivity contribution in [2.75, 3.05) is 37.1 Å². The number of anilines is 1. The lowest BCUT2D eigenvalue weighted by Crippen LogP contribution is -2.05. The molecule has 0 aliphatic carbocycles.